The van der Waals surface area contributed by atoms with Crippen molar-refractivity contribution in [1.29, 1.82) is 0 Å². The van der Waals surface area contributed by atoms with E-state index in [-0.39, 0.29) is 12.0 Å². The second-order valence-corrected chi connectivity index (χ2v) is 7.32. The number of benzene rings is 2. The number of carbonyl (C=O) groups excluding carboxylic acids is 1. The Hall–Kier alpha value is -2.53. The van der Waals surface area contributed by atoms with E-state index in [1.54, 1.807) is 0 Å². The summed E-state index contributed by atoms with van der Waals surface area (Å²) < 4.78 is 5.60. The molecule has 3 rings (SSSR count). The van der Waals surface area contributed by atoms with E-state index in [0.717, 1.165) is 47.5 Å². The van der Waals surface area contributed by atoms with E-state index >= 15 is 0 Å². The summed E-state index contributed by atoms with van der Waals surface area (Å²) in [6.45, 7) is 6.44. The van der Waals surface area contributed by atoms with Crippen molar-refractivity contribution in [3.05, 3.63) is 59.2 Å². The summed E-state index contributed by atoms with van der Waals surface area (Å²) in [7, 11) is 0. The zero-order valence-electron chi connectivity index (χ0n) is 16.2. The molecule has 1 aliphatic heterocycles. The highest BCUT2D eigenvalue weighted by molar-refractivity contribution is 5.82. The molecule has 2 aromatic rings. The Kier molecular flexibility index (Phi) is 6.35. The maximum Gasteiger partial charge on any atom is 0.239 e. The predicted octanol–water partition coefficient (Wildman–Crippen LogP) is 3.26. The fourth-order valence-electron chi connectivity index (χ4n) is 3.34. The average Bonchev–Trinajstić information content (AvgIpc) is 2.66. The number of carbonyl (C=O) groups is 1. The molecule has 2 aromatic carbocycles. The van der Waals surface area contributed by atoms with Crippen molar-refractivity contribution >= 4 is 17.3 Å². The topological polar surface area (TPSA) is 67.6 Å². The molecule has 0 aromatic heterocycles. The number of hydrogen-bond donors (Lipinski definition) is 2. The van der Waals surface area contributed by atoms with Crippen molar-refractivity contribution in [1.82, 2.24) is 5.32 Å². The number of rotatable bonds is 7. The zero-order valence-corrected chi connectivity index (χ0v) is 16.2. The number of nitrogen functional groups attached to an aromatic ring is 1. The zero-order chi connectivity index (χ0) is 19.2. The highest BCUT2D eigenvalue weighted by Gasteiger charge is 2.20. The van der Waals surface area contributed by atoms with E-state index in [0.29, 0.717) is 19.7 Å². The van der Waals surface area contributed by atoms with Gasteiger partial charge in [-0.05, 0) is 55.5 Å². The van der Waals surface area contributed by atoms with E-state index in [1.807, 2.05) is 50.2 Å². The van der Waals surface area contributed by atoms with Gasteiger partial charge in [-0.15, -0.1) is 0 Å². The van der Waals surface area contributed by atoms with Crippen LogP contribution in [0.1, 0.15) is 37.0 Å². The first-order chi connectivity index (χ1) is 13.0. The predicted molar refractivity (Wildman–Crippen MR) is 110 cm³/mol. The van der Waals surface area contributed by atoms with Crippen LogP contribution in [0.3, 0.4) is 0 Å². The molecule has 0 spiro atoms. The molecule has 144 valence electrons. The number of ether oxygens (including phenoxy) is 1. The molecule has 5 heteroatoms. The minimum atomic E-state index is 0.0255. The van der Waals surface area contributed by atoms with Crippen LogP contribution < -0.4 is 16.0 Å². The van der Waals surface area contributed by atoms with Crippen LogP contribution in [0, 0.1) is 0 Å². The van der Waals surface area contributed by atoms with Crippen LogP contribution in [-0.4, -0.2) is 25.1 Å². The third-order valence-electron chi connectivity index (χ3n) is 4.81. The van der Waals surface area contributed by atoms with Gasteiger partial charge in [-0.25, -0.2) is 0 Å². The second kappa shape index (κ2) is 8.91. The Balaban J connectivity index is 1.51. The summed E-state index contributed by atoms with van der Waals surface area (Å²) in [5, 5.41) is 3.02. The summed E-state index contributed by atoms with van der Waals surface area (Å²) in [5.41, 5.74) is 11.4. The van der Waals surface area contributed by atoms with Gasteiger partial charge in [-0.1, -0.05) is 30.3 Å². The minimum absolute atomic E-state index is 0.0255. The Morgan fingerprint density at radius 2 is 1.93 bits per heavy atom. The van der Waals surface area contributed by atoms with Gasteiger partial charge < -0.3 is 20.7 Å². The van der Waals surface area contributed by atoms with E-state index in [9.17, 15) is 4.79 Å². The van der Waals surface area contributed by atoms with E-state index < -0.39 is 0 Å². The molecular weight excluding hydrogens is 338 g/mol. The van der Waals surface area contributed by atoms with Crippen LogP contribution in [0.15, 0.2) is 42.5 Å². The molecule has 0 bridgehead atoms. The van der Waals surface area contributed by atoms with Crippen LogP contribution >= 0.6 is 0 Å². The van der Waals surface area contributed by atoms with Crippen LogP contribution in [0.5, 0.6) is 0 Å². The van der Waals surface area contributed by atoms with E-state index in [4.69, 9.17) is 10.5 Å². The highest BCUT2D eigenvalue weighted by atomic mass is 16.5. The molecule has 0 unspecified atom stereocenters. The van der Waals surface area contributed by atoms with E-state index in [2.05, 4.69) is 16.3 Å². The van der Waals surface area contributed by atoms with Gasteiger partial charge in [0.15, 0.2) is 0 Å². The van der Waals surface area contributed by atoms with Crippen molar-refractivity contribution in [3.8, 4) is 0 Å². The third-order valence-corrected chi connectivity index (χ3v) is 4.81. The van der Waals surface area contributed by atoms with Gasteiger partial charge in [-0.3, -0.25) is 4.79 Å². The monoisotopic (exact) mass is 367 g/mol. The van der Waals surface area contributed by atoms with Crippen molar-refractivity contribution in [2.75, 3.05) is 23.7 Å². The van der Waals surface area contributed by atoms with Gasteiger partial charge in [0.1, 0.15) is 0 Å². The standard InChI is InChI=1S/C22H29N3O2/c1-16(2)27-15-18-10-8-17(9-11-18)13-24-22(26)14-25-12-4-5-19-20(23)6-3-7-21(19)25/h3,6-11,16H,4-5,12-15,23H2,1-2H3,(H,24,26). The normalized spacial score (nSPS) is 13.5. The third kappa shape index (κ3) is 5.23. The maximum atomic E-state index is 12.4. The van der Waals surface area contributed by atoms with Crippen molar-refractivity contribution < 1.29 is 9.53 Å². The van der Waals surface area contributed by atoms with Gasteiger partial charge in [0, 0.05) is 24.5 Å². The van der Waals surface area contributed by atoms with Gasteiger partial charge in [-0.2, -0.15) is 0 Å². The first-order valence-electron chi connectivity index (χ1n) is 9.61. The van der Waals surface area contributed by atoms with Crippen LogP contribution in [0.25, 0.3) is 0 Å². The van der Waals surface area contributed by atoms with Gasteiger partial charge >= 0.3 is 0 Å². The first-order valence-corrected chi connectivity index (χ1v) is 9.61. The maximum absolute atomic E-state index is 12.4. The van der Waals surface area contributed by atoms with Crippen LogP contribution in [0.4, 0.5) is 11.4 Å². The number of anilines is 2. The lowest BCUT2D eigenvalue weighted by atomic mass is 10.00. The number of nitrogens with one attached hydrogen (secondary N) is 1. The molecule has 0 atom stereocenters. The molecule has 1 amide bonds. The Bertz CT molecular complexity index is 772. The number of hydrogen-bond acceptors (Lipinski definition) is 4. The Morgan fingerprint density at radius 1 is 1.19 bits per heavy atom. The fraction of sp³-hybridized carbons (Fsp3) is 0.409. The fourth-order valence-corrected chi connectivity index (χ4v) is 3.34. The Labute approximate surface area is 161 Å². The smallest absolute Gasteiger partial charge is 0.239 e. The van der Waals surface area contributed by atoms with Crippen molar-refractivity contribution in [2.45, 2.75) is 45.9 Å². The average molecular weight is 367 g/mol. The first kappa shape index (κ1) is 19.2. The SMILES string of the molecule is CC(C)OCc1ccc(CNC(=O)CN2CCCc3c(N)cccc32)cc1. The second-order valence-electron chi connectivity index (χ2n) is 7.32. The van der Waals surface area contributed by atoms with Crippen molar-refractivity contribution in [3.63, 3.8) is 0 Å². The summed E-state index contributed by atoms with van der Waals surface area (Å²) in [6, 6.07) is 14.1. The van der Waals surface area contributed by atoms with Crippen LogP contribution in [-0.2, 0) is 29.1 Å². The summed E-state index contributed by atoms with van der Waals surface area (Å²) in [5.74, 6) is 0.0255. The number of fused-ring (bicyclic) bond motifs is 1. The molecule has 0 aliphatic carbocycles. The minimum Gasteiger partial charge on any atom is -0.398 e. The molecule has 3 N–H and O–H groups in total. The summed E-state index contributed by atoms with van der Waals surface area (Å²) >= 11 is 0. The van der Waals surface area contributed by atoms with Crippen molar-refractivity contribution in [2.24, 2.45) is 0 Å². The lowest BCUT2D eigenvalue weighted by Crippen LogP contribution is -2.39. The lowest BCUT2D eigenvalue weighted by molar-refractivity contribution is -0.119. The number of nitrogens with zero attached hydrogens (tertiary/aromatic N) is 1. The molecule has 0 radical (unpaired) electrons. The number of nitrogens with two attached hydrogens (primary N) is 1. The molecule has 0 saturated heterocycles. The number of amides is 1. The molecule has 0 saturated carbocycles. The molecule has 1 aliphatic rings. The summed E-state index contributed by atoms with van der Waals surface area (Å²) in [4.78, 5) is 14.5. The quantitative estimate of drug-likeness (QED) is 0.737. The molecule has 0 fully saturated rings. The largest absolute Gasteiger partial charge is 0.398 e. The molecule has 27 heavy (non-hydrogen) atoms. The van der Waals surface area contributed by atoms with Crippen LogP contribution in [0.2, 0.25) is 0 Å². The van der Waals surface area contributed by atoms with Gasteiger partial charge in [0.25, 0.3) is 0 Å². The summed E-state index contributed by atoms with van der Waals surface area (Å²) in [6.07, 6.45) is 2.22. The molecule has 1 heterocycles. The van der Waals surface area contributed by atoms with Gasteiger partial charge in [0.2, 0.25) is 5.91 Å². The highest BCUT2D eigenvalue weighted by Crippen LogP contribution is 2.30. The molecule has 5 nitrogen and oxygen atoms in total. The Morgan fingerprint density at radius 3 is 2.67 bits per heavy atom. The molecular formula is C22H29N3O2. The van der Waals surface area contributed by atoms with E-state index in [1.165, 1.54) is 0 Å². The lowest BCUT2D eigenvalue weighted by Gasteiger charge is -2.31. The van der Waals surface area contributed by atoms with Gasteiger partial charge in [0.05, 0.1) is 19.3 Å².